The fourth-order valence-electron chi connectivity index (χ4n) is 2.12. The summed E-state index contributed by atoms with van der Waals surface area (Å²) in [5.74, 6) is -0.243. The Kier molecular flexibility index (Phi) is 4.74. The van der Waals surface area contributed by atoms with Gasteiger partial charge in [0.05, 0.1) is 18.8 Å². The summed E-state index contributed by atoms with van der Waals surface area (Å²) < 4.78 is 29.0. The second kappa shape index (κ2) is 5.54. The second-order valence-electron chi connectivity index (χ2n) is 5.31. The lowest BCUT2D eigenvalue weighted by Crippen LogP contribution is -2.51. The van der Waals surface area contributed by atoms with Crippen LogP contribution in [-0.2, 0) is 19.6 Å². The van der Waals surface area contributed by atoms with Gasteiger partial charge in [0.2, 0.25) is 10.0 Å². The van der Waals surface area contributed by atoms with E-state index in [4.69, 9.17) is 4.74 Å². The number of methoxy groups -OCH3 is 1. The van der Waals surface area contributed by atoms with Gasteiger partial charge in [-0.2, -0.15) is 4.31 Å². The van der Waals surface area contributed by atoms with E-state index in [0.29, 0.717) is 32.7 Å². The molecule has 0 saturated carbocycles. The maximum atomic E-state index is 11.6. The molecule has 0 bridgehead atoms. The molecule has 1 fully saturated rings. The zero-order valence-corrected chi connectivity index (χ0v) is 12.3. The van der Waals surface area contributed by atoms with Gasteiger partial charge < -0.3 is 4.74 Å². The second-order valence-corrected chi connectivity index (χ2v) is 7.30. The van der Waals surface area contributed by atoms with Crippen molar-refractivity contribution in [1.82, 2.24) is 9.21 Å². The Morgan fingerprint density at radius 1 is 1.22 bits per heavy atom. The number of rotatable bonds is 4. The maximum absolute atomic E-state index is 11.6. The van der Waals surface area contributed by atoms with Crippen LogP contribution in [0.1, 0.15) is 13.8 Å². The van der Waals surface area contributed by atoms with E-state index >= 15 is 0 Å². The molecule has 1 aliphatic rings. The first-order chi connectivity index (χ1) is 8.16. The molecule has 1 heterocycles. The predicted octanol–water partition coefficient (Wildman–Crippen LogP) is -0.237. The van der Waals surface area contributed by atoms with Gasteiger partial charge in [0.1, 0.15) is 0 Å². The Balaban J connectivity index is 2.52. The van der Waals surface area contributed by atoms with Gasteiger partial charge in [0.15, 0.2) is 0 Å². The third-order valence-corrected chi connectivity index (χ3v) is 4.46. The molecule has 0 N–H and O–H groups in total. The Morgan fingerprint density at radius 2 is 1.72 bits per heavy atom. The summed E-state index contributed by atoms with van der Waals surface area (Å²) >= 11 is 0. The van der Waals surface area contributed by atoms with Crippen LogP contribution in [0.5, 0.6) is 0 Å². The molecule has 6 nitrogen and oxygen atoms in total. The number of carbonyl (C=O) groups excluding carboxylic acids is 1. The molecule has 1 rings (SSSR count). The molecule has 0 unspecified atom stereocenters. The standard InChI is InChI=1S/C11H22N2O4S/c1-11(2,10(14)17-3)9-12-5-7-13(8-6-12)18(4,15)16/h5-9H2,1-4H3. The van der Waals surface area contributed by atoms with Crippen molar-refractivity contribution in [3.63, 3.8) is 0 Å². The van der Waals surface area contributed by atoms with Crippen LogP contribution in [0.4, 0.5) is 0 Å². The highest BCUT2D eigenvalue weighted by molar-refractivity contribution is 7.88. The lowest BCUT2D eigenvalue weighted by molar-refractivity contribution is -0.152. The number of piperazine rings is 1. The molecule has 106 valence electrons. The number of carbonyl (C=O) groups is 1. The normalized spacial score (nSPS) is 19.8. The van der Waals surface area contributed by atoms with Crippen molar-refractivity contribution >= 4 is 16.0 Å². The van der Waals surface area contributed by atoms with E-state index in [0.717, 1.165) is 0 Å². The van der Waals surface area contributed by atoms with E-state index in [1.54, 1.807) is 0 Å². The Hall–Kier alpha value is -0.660. The van der Waals surface area contributed by atoms with E-state index < -0.39 is 15.4 Å². The van der Waals surface area contributed by atoms with Crippen molar-refractivity contribution < 1.29 is 17.9 Å². The summed E-state index contributed by atoms with van der Waals surface area (Å²) in [6, 6.07) is 0. The highest BCUT2D eigenvalue weighted by Gasteiger charge is 2.33. The topological polar surface area (TPSA) is 66.9 Å². The average molecular weight is 278 g/mol. The van der Waals surface area contributed by atoms with Crippen molar-refractivity contribution in [2.75, 3.05) is 46.1 Å². The van der Waals surface area contributed by atoms with Crippen LogP contribution in [0.3, 0.4) is 0 Å². The van der Waals surface area contributed by atoms with Crippen LogP contribution in [0.15, 0.2) is 0 Å². The Bertz CT molecular complexity index is 397. The maximum Gasteiger partial charge on any atom is 0.312 e. The molecule has 1 aliphatic heterocycles. The molecular formula is C11H22N2O4S. The average Bonchev–Trinajstić information content (AvgIpc) is 2.26. The van der Waals surface area contributed by atoms with Gasteiger partial charge in [-0.05, 0) is 13.8 Å². The summed E-state index contributed by atoms with van der Waals surface area (Å²) in [7, 11) is -1.72. The molecule has 0 amide bonds. The lowest BCUT2D eigenvalue weighted by Gasteiger charge is -2.36. The van der Waals surface area contributed by atoms with Gasteiger partial charge in [-0.15, -0.1) is 0 Å². The van der Waals surface area contributed by atoms with Crippen LogP contribution < -0.4 is 0 Å². The van der Waals surface area contributed by atoms with E-state index in [1.807, 2.05) is 13.8 Å². The molecular weight excluding hydrogens is 256 g/mol. The van der Waals surface area contributed by atoms with Crippen molar-refractivity contribution in [3.8, 4) is 0 Å². The number of hydrogen-bond donors (Lipinski definition) is 0. The number of sulfonamides is 1. The number of hydrogen-bond acceptors (Lipinski definition) is 5. The SMILES string of the molecule is COC(=O)C(C)(C)CN1CCN(S(C)(=O)=O)CC1. The third-order valence-electron chi connectivity index (χ3n) is 3.16. The van der Waals surface area contributed by atoms with E-state index in [1.165, 1.54) is 17.7 Å². The van der Waals surface area contributed by atoms with Crippen LogP contribution >= 0.6 is 0 Å². The number of esters is 1. The largest absolute Gasteiger partial charge is 0.469 e. The minimum absolute atomic E-state index is 0.243. The first-order valence-electron chi connectivity index (χ1n) is 5.93. The van der Waals surface area contributed by atoms with Gasteiger partial charge in [-0.25, -0.2) is 8.42 Å². The van der Waals surface area contributed by atoms with Crippen molar-refractivity contribution in [3.05, 3.63) is 0 Å². The van der Waals surface area contributed by atoms with Crippen molar-refractivity contribution in [2.24, 2.45) is 5.41 Å². The summed E-state index contributed by atoms with van der Waals surface area (Å²) in [4.78, 5) is 13.7. The zero-order valence-electron chi connectivity index (χ0n) is 11.5. The predicted molar refractivity (Wildman–Crippen MR) is 68.7 cm³/mol. The van der Waals surface area contributed by atoms with Crippen LogP contribution in [0, 0.1) is 5.41 Å². The van der Waals surface area contributed by atoms with Gasteiger partial charge in [0.25, 0.3) is 0 Å². The highest BCUT2D eigenvalue weighted by atomic mass is 32.2. The molecule has 0 atom stereocenters. The van der Waals surface area contributed by atoms with Crippen molar-refractivity contribution in [2.45, 2.75) is 13.8 Å². The number of nitrogens with zero attached hydrogens (tertiary/aromatic N) is 2. The molecule has 0 aromatic rings. The fraction of sp³-hybridized carbons (Fsp3) is 0.909. The lowest BCUT2D eigenvalue weighted by atomic mass is 9.93. The number of ether oxygens (including phenoxy) is 1. The Morgan fingerprint density at radius 3 is 2.11 bits per heavy atom. The van der Waals surface area contributed by atoms with Crippen molar-refractivity contribution in [1.29, 1.82) is 0 Å². The smallest absolute Gasteiger partial charge is 0.312 e. The minimum atomic E-state index is -3.10. The van der Waals surface area contributed by atoms with E-state index in [9.17, 15) is 13.2 Å². The molecule has 0 spiro atoms. The van der Waals surface area contributed by atoms with Gasteiger partial charge in [-0.3, -0.25) is 9.69 Å². The van der Waals surface area contributed by atoms with Crippen LogP contribution in [0.25, 0.3) is 0 Å². The molecule has 18 heavy (non-hydrogen) atoms. The van der Waals surface area contributed by atoms with Gasteiger partial charge in [-0.1, -0.05) is 0 Å². The van der Waals surface area contributed by atoms with E-state index in [-0.39, 0.29) is 5.97 Å². The first kappa shape index (κ1) is 15.4. The molecule has 0 aliphatic carbocycles. The monoisotopic (exact) mass is 278 g/mol. The summed E-state index contributed by atoms with van der Waals surface area (Å²) in [6.07, 6.45) is 1.22. The molecule has 7 heteroatoms. The minimum Gasteiger partial charge on any atom is -0.469 e. The molecule has 0 aromatic carbocycles. The molecule has 0 aromatic heterocycles. The first-order valence-corrected chi connectivity index (χ1v) is 7.77. The third kappa shape index (κ3) is 3.93. The summed E-state index contributed by atoms with van der Waals surface area (Å²) in [5.41, 5.74) is -0.567. The van der Waals surface area contributed by atoms with Gasteiger partial charge in [0, 0.05) is 32.7 Å². The van der Waals surface area contributed by atoms with Crippen LogP contribution in [0.2, 0.25) is 0 Å². The molecule has 0 radical (unpaired) electrons. The fourth-order valence-corrected chi connectivity index (χ4v) is 2.95. The van der Waals surface area contributed by atoms with Crippen LogP contribution in [-0.4, -0.2) is 69.7 Å². The highest BCUT2D eigenvalue weighted by Crippen LogP contribution is 2.20. The Labute approximate surface area is 109 Å². The quantitative estimate of drug-likeness (QED) is 0.664. The molecule has 1 saturated heterocycles. The summed E-state index contributed by atoms with van der Waals surface area (Å²) in [6.45, 7) is 6.51. The van der Waals surface area contributed by atoms with Gasteiger partial charge >= 0.3 is 5.97 Å². The van der Waals surface area contributed by atoms with E-state index in [2.05, 4.69) is 4.90 Å². The zero-order chi connectivity index (χ0) is 14.0. The summed E-state index contributed by atoms with van der Waals surface area (Å²) in [5, 5.41) is 0.